The summed E-state index contributed by atoms with van der Waals surface area (Å²) in [6, 6.07) is 0.875. The number of nitrogens with zero attached hydrogens (tertiary/aromatic N) is 1. The zero-order valence-electron chi connectivity index (χ0n) is 11.8. The Kier molecular flexibility index (Phi) is 5.30. The number of rotatable bonds is 4. The molecular weight excluding hydrogens is 208 g/mol. The normalized spacial score (nSPS) is 35.1. The molecule has 2 aliphatic rings. The molecule has 0 aromatic carbocycles. The smallest absolute Gasteiger partial charge is 0.00925 e. The van der Waals surface area contributed by atoms with Gasteiger partial charge in [0.15, 0.2) is 0 Å². The molecule has 1 aliphatic heterocycles. The van der Waals surface area contributed by atoms with Crippen molar-refractivity contribution in [2.75, 3.05) is 26.7 Å². The standard InChI is InChI=1S/C15H30N2/c1-3-13-6-8-15(9-7-13)17(2)12-14-5-4-10-16-11-14/h13-16H,3-12H2,1-2H3. The lowest BCUT2D eigenvalue weighted by molar-refractivity contribution is 0.136. The van der Waals surface area contributed by atoms with Crippen LogP contribution in [0.25, 0.3) is 0 Å². The first-order valence-electron chi connectivity index (χ1n) is 7.70. The van der Waals surface area contributed by atoms with E-state index < -0.39 is 0 Å². The summed E-state index contributed by atoms with van der Waals surface area (Å²) in [5, 5.41) is 3.53. The van der Waals surface area contributed by atoms with E-state index in [4.69, 9.17) is 0 Å². The highest BCUT2D eigenvalue weighted by atomic mass is 15.1. The summed E-state index contributed by atoms with van der Waals surface area (Å²) in [6.45, 7) is 6.15. The molecule has 1 aliphatic carbocycles. The first-order valence-corrected chi connectivity index (χ1v) is 7.70. The highest BCUT2D eigenvalue weighted by Gasteiger charge is 2.25. The minimum absolute atomic E-state index is 0.875. The maximum Gasteiger partial charge on any atom is 0.00925 e. The van der Waals surface area contributed by atoms with Gasteiger partial charge in [0, 0.05) is 12.6 Å². The van der Waals surface area contributed by atoms with Crippen molar-refractivity contribution in [3.63, 3.8) is 0 Å². The number of hydrogen-bond acceptors (Lipinski definition) is 2. The van der Waals surface area contributed by atoms with E-state index in [1.165, 1.54) is 64.6 Å². The summed E-state index contributed by atoms with van der Waals surface area (Å²) in [5.74, 6) is 1.92. The van der Waals surface area contributed by atoms with E-state index in [1.807, 2.05) is 0 Å². The van der Waals surface area contributed by atoms with Crippen molar-refractivity contribution in [2.45, 2.75) is 57.9 Å². The Labute approximate surface area is 107 Å². The molecule has 1 N–H and O–H groups in total. The molecule has 0 bridgehead atoms. The third kappa shape index (κ3) is 3.96. The Balaban J connectivity index is 1.70. The molecule has 1 unspecified atom stereocenters. The van der Waals surface area contributed by atoms with Gasteiger partial charge in [0.25, 0.3) is 0 Å². The van der Waals surface area contributed by atoms with Crippen molar-refractivity contribution in [2.24, 2.45) is 11.8 Å². The van der Waals surface area contributed by atoms with Crippen molar-refractivity contribution < 1.29 is 0 Å². The molecule has 1 atom stereocenters. The number of hydrogen-bond donors (Lipinski definition) is 1. The predicted octanol–water partition coefficient (Wildman–Crippen LogP) is 2.89. The molecule has 2 rings (SSSR count). The first-order chi connectivity index (χ1) is 8.29. The van der Waals surface area contributed by atoms with Crippen molar-refractivity contribution in [1.29, 1.82) is 0 Å². The van der Waals surface area contributed by atoms with Crippen molar-refractivity contribution >= 4 is 0 Å². The molecule has 1 saturated carbocycles. The van der Waals surface area contributed by atoms with E-state index in [0.717, 1.165) is 17.9 Å². The number of nitrogens with one attached hydrogen (secondary N) is 1. The Morgan fingerprint density at radius 3 is 2.41 bits per heavy atom. The molecular formula is C15H30N2. The van der Waals surface area contributed by atoms with Crippen LogP contribution >= 0.6 is 0 Å². The lowest BCUT2D eigenvalue weighted by Gasteiger charge is -2.37. The summed E-state index contributed by atoms with van der Waals surface area (Å²) >= 11 is 0. The highest BCUT2D eigenvalue weighted by Crippen LogP contribution is 2.29. The lowest BCUT2D eigenvalue weighted by Crippen LogP contribution is -2.42. The third-order valence-corrected chi connectivity index (χ3v) is 4.96. The van der Waals surface area contributed by atoms with Gasteiger partial charge >= 0.3 is 0 Å². The van der Waals surface area contributed by atoms with Gasteiger partial charge in [0.05, 0.1) is 0 Å². The quantitative estimate of drug-likeness (QED) is 0.810. The van der Waals surface area contributed by atoms with Gasteiger partial charge in [0.2, 0.25) is 0 Å². The molecule has 0 aromatic rings. The van der Waals surface area contributed by atoms with E-state index in [-0.39, 0.29) is 0 Å². The van der Waals surface area contributed by atoms with Crippen molar-refractivity contribution in [3.8, 4) is 0 Å². The third-order valence-electron chi connectivity index (χ3n) is 4.96. The largest absolute Gasteiger partial charge is 0.316 e. The lowest BCUT2D eigenvalue weighted by atomic mass is 9.83. The van der Waals surface area contributed by atoms with Gasteiger partial charge in [-0.05, 0) is 70.5 Å². The molecule has 0 amide bonds. The van der Waals surface area contributed by atoms with Crippen LogP contribution in [0.1, 0.15) is 51.9 Å². The fraction of sp³-hybridized carbons (Fsp3) is 1.00. The SMILES string of the molecule is CCC1CCC(N(C)CC2CCCNC2)CC1. The minimum atomic E-state index is 0.875. The van der Waals surface area contributed by atoms with E-state index >= 15 is 0 Å². The van der Waals surface area contributed by atoms with Crippen LogP contribution in [0, 0.1) is 11.8 Å². The van der Waals surface area contributed by atoms with Crippen LogP contribution in [-0.2, 0) is 0 Å². The van der Waals surface area contributed by atoms with Crippen molar-refractivity contribution in [1.82, 2.24) is 10.2 Å². The Bertz CT molecular complexity index is 203. The van der Waals surface area contributed by atoms with Crippen LogP contribution in [0.5, 0.6) is 0 Å². The van der Waals surface area contributed by atoms with Gasteiger partial charge in [-0.15, -0.1) is 0 Å². The van der Waals surface area contributed by atoms with Gasteiger partial charge in [-0.3, -0.25) is 0 Å². The maximum absolute atomic E-state index is 3.53. The Hall–Kier alpha value is -0.0800. The topological polar surface area (TPSA) is 15.3 Å². The second-order valence-electron chi connectivity index (χ2n) is 6.23. The van der Waals surface area contributed by atoms with Crippen LogP contribution in [0.3, 0.4) is 0 Å². The fourth-order valence-corrected chi connectivity index (χ4v) is 3.63. The summed E-state index contributed by atoms with van der Waals surface area (Å²) in [5.41, 5.74) is 0. The predicted molar refractivity (Wildman–Crippen MR) is 74.3 cm³/mol. The van der Waals surface area contributed by atoms with Crippen molar-refractivity contribution in [3.05, 3.63) is 0 Å². The van der Waals surface area contributed by atoms with Crippen LogP contribution in [0.2, 0.25) is 0 Å². The molecule has 17 heavy (non-hydrogen) atoms. The average Bonchev–Trinajstić information content (AvgIpc) is 2.40. The molecule has 2 heteroatoms. The van der Waals surface area contributed by atoms with Crippen LogP contribution in [0.4, 0.5) is 0 Å². The molecule has 0 spiro atoms. The van der Waals surface area contributed by atoms with E-state index in [9.17, 15) is 0 Å². The summed E-state index contributed by atoms with van der Waals surface area (Å²) in [7, 11) is 2.35. The van der Waals surface area contributed by atoms with E-state index in [2.05, 4.69) is 24.2 Å². The molecule has 1 saturated heterocycles. The van der Waals surface area contributed by atoms with Gasteiger partial charge in [-0.2, -0.15) is 0 Å². The van der Waals surface area contributed by atoms with E-state index in [1.54, 1.807) is 0 Å². The summed E-state index contributed by atoms with van der Waals surface area (Å²) < 4.78 is 0. The number of piperidine rings is 1. The molecule has 2 nitrogen and oxygen atoms in total. The Morgan fingerprint density at radius 2 is 1.82 bits per heavy atom. The minimum Gasteiger partial charge on any atom is -0.316 e. The zero-order valence-corrected chi connectivity index (χ0v) is 11.8. The average molecular weight is 238 g/mol. The maximum atomic E-state index is 3.53. The monoisotopic (exact) mass is 238 g/mol. The van der Waals surface area contributed by atoms with Gasteiger partial charge in [0.1, 0.15) is 0 Å². The van der Waals surface area contributed by atoms with Gasteiger partial charge in [-0.1, -0.05) is 13.3 Å². The van der Waals surface area contributed by atoms with Crippen LogP contribution < -0.4 is 5.32 Å². The van der Waals surface area contributed by atoms with Gasteiger partial charge < -0.3 is 10.2 Å². The molecule has 2 fully saturated rings. The first kappa shape index (κ1) is 13.4. The highest BCUT2D eigenvalue weighted by molar-refractivity contribution is 4.80. The van der Waals surface area contributed by atoms with Crippen LogP contribution in [0.15, 0.2) is 0 Å². The fourth-order valence-electron chi connectivity index (χ4n) is 3.63. The second-order valence-corrected chi connectivity index (χ2v) is 6.23. The van der Waals surface area contributed by atoms with E-state index in [0.29, 0.717) is 0 Å². The molecule has 100 valence electrons. The molecule has 0 aromatic heterocycles. The molecule has 0 radical (unpaired) electrons. The zero-order chi connectivity index (χ0) is 12.1. The Morgan fingerprint density at radius 1 is 1.06 bits per heavy atom. The second kappa shape index (κ2) is 6.75. The van der Waals surface area contributed by atoms with Gasteiger partial charge in [-0.25, -0.2) is 0 Å². The summed E-state index contributed by atoms with van der Waals surface area (Å²) in [4.78, 5) is 2.66. The summed E-state index contributed by atoms with van der Waals surface area (Å²) in [6.07, 6.45) is 10.0. The van der Waals surface area contributed by atoms with Crippen LogP contribution in [-0.4, -0.2) is 37.6 Å². The molecule has 1 heterocycles.